The molecule has 0 spiro atoms. The van der Waals surface area contributed by atoms with Crippen LogP contribution in [0.2, 0.25) is 5.02 Å². The molecule has 9 heteroatoms. The lowest BCUT2D eigenvalue weighted by molar-refractivity contribution is -0.129. The number of benzene rings is 1. The van der Waals surface area contributed by atoms with Crippen LogP contribution in [0.3, 0.4) is 0 Å². The van der Waals surface area contributed by atoms with E-state index in [2.05, 4.69) is 0 Å². The van der Waals surface area contributed by atoms with Crippen molar-refractivity contribution in [2.75, 3.05) is 31.2 Å². The van der Waals surface area contributed by atoms with Crippen LogP contribution in [-0.4, -0.2) is 63.7 Å². The van der Waals surface area contributed by atoms with E-state index in [0.29, 0.717) is 55.1 Å². The summed E-state index contributed by atoms with van der Waals surface area (Å²) in [5.41, 5.74) is 1.30. The lowest BCUT2D eigenvalue weighted by Gasteiger charge is -2.24. The molecule has 8 nitrogen and oxygen atoms in total. The number of imidazole rings is 1. The highest BCUT2D eigenvalue weighted by atomic mass is 35.5. The molecule has 2 amide bonds. The third-order valence-corrected chi connectivity index (χ3v) is 5.92. The van der Waals surface area contributed by atoms with Gasteiger partial charge in [0.2, 0.25) is 0 Å². The lowest BCUT2D eigenvalue weighted by atomic mass is 10.2. The van der Waals surface area contributed by atoms with Gasteiger partial charge in [-0.3, -0.25) is 19.1 Å². The fourth-order valence-electron chi connectivity index (χ4n) is 4.18. The van der Waals surface area contributed by atoms with E-state index >= 15 is 0 Å². The van der Waals surface area contributed by atoms with Gasteiger partial charge in [-0.15, -0.1) is 0 Å². The van der Waals surface area contributed by atoms with Gasteiger partial charge < -0.3 is 14.7 Å². The van der Waals surface area contributed by atoms with Gasteiger partial charge in [0.05, 0.1) is 13.2 Å². The number of aliphatic hydroxyl groups is 1. The molecule has 1 fully saturated rings. The smallest absolute Gasteiger partial charge is 0.299 e. The zero-order chi connectivity index (χ0) is 22.0. The molecule has 1 atom stereocenters. The number of carbonyl (C=O) groups is 2. The molecule has 3 heterocycles. The van der Waals surface area contributed by atoms with Crippen molar-refractivity contribution in [2.24, 2.45) is 0 Å². The predicted octanol–water partition coefficient (Wildman–Crippen LogP) is 2.71. The first-order valence-electron chi connectivity index (χ1n) is 10.8. The average Bonchev–Trinajstić information content (AvgIpc) is 3.37. The van der Waals surface area contributed by atoms with Crippen molar-refractivity contribution in [3.05, 3.63) is 40.5 Å². The summed E-state index contributed by atoms with van der Waals surface area (Å²) >= 11 is 6.03. The van der Waals surface area contributed by atoms with Crippen LogP contribution in [0.25, 0.3) is 0 Å². The number of carbonyl (C=O) groups excluding carboxylic acids is 2. The van der Waals surface area contributed by atoms with Crippen molar-refractivity contribution in [3.8, 4) is 6.01 Å². The number of hydrogen-bond acceptors (Lipinski definition) is 6. The number of fused-ring (bicyclic) bond motifs is 3. The second-order valence-corrected chi connectivity index (χ2v) is 8.29. The Labute approximate surface area is 186 Å². The number of anilines is 1. The molecule has 166 valence electrons. The summed E-state index contributed by atoms with van der Waals surface area (Å²) in [6.07, 6.45) is 2.67. The molecule has 0 aliphatic carbocycles. The summed E-state index contributed by atoms with van der Waals surface area (Å²) in [6, 6.07) is 7.35. The number of rotatable bonds is 8. The van der Waals surface area contributed by atoms with E-state index in [-0.39, 0.29) is 19.1 Å². The normalized spacial score (nSPS) is 18.2. The molecular weight excluding hydrogens is 420 g/mol. The van der Waals surface area contributed by atoms with Gasteiger partial charge in [0.25, 0.3) is 17.8 Å². The van der Waals surface area contributed by atoms with Crippen LogP contribution in [0.4, 0.5) is 5.82 Å². The maximum atomic E-state index is 13.6. The van der Waals surface area contributed by atoms with Crippen LogP contribution in [0.15, 0.2) is 24.3 Å². The molecule has 0 bridgehead atoms. The summed E-state index contributed by atoms with van der Waals surface area (Å²) in [5, 5.41) is 9.92. The Morgan fingerprint density at radius 1 is 1.26 bits per heavy atom. The Morgan fingerprint density at radius 2 is 2.03 bits per heavy atom. The summed E-state index contributed by atoms with van der Waals surface area (Å²) < 4.78 is 7.68. The lowest BCUT2D eigenvalue weighted by Crippen LogP contribution is -2.46. The highest BCUT2D eigenvalue weighted by Gasteiger charge is 2.45. The molecule has 0 unspecified atom stereocenters. The second-order valence-electron chi connectivity index (χ2n) is 7.85. The van der Waals surface area contributed by atoms with Gasteiger partial charge in [-0.2, -0.15) is 4.98 Å². The second kappa shape index (κ2) is 9.28. The minimum Gasteiger partial charge on any atom is -0.465 e. The van der Waals surface area contributed by atoms with Gasteiger partial charge in [0, 0.05) is 24.7 Å². The van der Waals surface area contributed by atoms with Crippen molar-refractivity contribution >= 4 is 29.2 Å². The number of amides is 2. The number of halogens is 1. The number of aromatic nitrogens is 2. The monoisotopic (exact) mass is 446 g/mol. The largest absolute Gasteiger partial charge is 0.465 e. The molecule has 0 radical (unpaired) electrons. The van der Waals surface area contributed by atoms with E-state index in [4.69, 9.17) is 21.3 Å². The molecule has 31 heavy (non-hydrogen) atoms. The molecule has 0 saturated carbocycles. The van der Waals surface area contributed by atoms with Crippen LogP contribution in [-0.2, 0) is 11.3 Å². The molecule has 2 aliphatic heterocycles. The van der Waals surface area contributed by atoms with Crippen LogP contribution in [0.1, 0.15) is 48.7 Å². The molecule has 1 aromatic carbocycles. The molecule has 4 rings (SSSR count). The average molecular weight is 447 g/mol. The minimum absolute atomic E-state index is 0.0901. The highest BCUT2D eigenvalue weighted by Crippen LogP contribution is 2.36. The third kappa shape index (κ3) is 4.14. The zero-order valence-corrected chi connectivity index (χ0v) is 18.3. The first-order chi connectivity index (χ1) is 15.0. The Hall–Kier alpha value is -2.58. The third-order valence-electron chi connectivity index (χ3n) is 5.67. The Morgan fingerprint density at radius 3 is 2.74 bits per heavy atom. The maximum absolute atomic E-state index is 13.6. The van der Waals surface area contributed by atoms with Gasteiger partial charge >= 0.3 is 0 Å². The number of hydrogen-bond donors (Lipinski definition) is 1. The molecular formula is C22H27ClN4O4. The van der Waals surface area contributed by atoms with Gasteiger partial charge in [0.15, 0.2) is 11.5 Å². The molecule has 1 saturated heterocycles. The van der Waals surface area contributed by atoms with Crippen LogP contribution < -0.4 is 9.64 Å². The van der Waals surface area contributed by atoms with Gasteiger partial charge in [-0.1, -0.05) is 30.7 Å². The summed E-state index contributed by atoms with van der Waals surface area (Å²) in [6.45, 7) is 3.60. The van der Waals surface area contributed by atoms with E-state index in [1.165, 1.54) is 4.90 Å². The standard InChI is InChI=1S/C22H27ClN4O4/c1-2-13-31-22-24-19-18(27(22)14-15-6-8-16(23)9-7-15)21(30)26(11-4-12-28)20(29)17-5-3-10-25(17)19/h6-9,17,28H,2-5,10-14H2,1H3/t17-/m0/s1. The van der Waals surface area contributed by atoms with E-state index in [1.54, 1.807) is 16.7 Å². The summed E-state index contributed by atoms with van der Waals surface area (Å²) in [5.74, 6) is -0.105. The molecule has 1 aromatic heterocycles. The first-order valence-corrected chi connectivity index (χ1v) is 11.1. The topological polar surface area (TPSA) is 87.9 Å². The molecule has 2 aliphatic rings. The Bertz CT molecular complexity index is 959. The van der Waals surface area contributed by atoms with E-state index in [1.807, 2.05) is 24.0 Å². The van der Waals surface area contributed by atoms with Crippen molar-refractivity contribution < 1.29 is 19.4 Å². The van der Waals surface area contributed by atoms with Crippen molar-refractivity contribution in [1.29, 1.82) is 0 Å². The molecule has 2 aromatic rings. The van der Waals surface area contributed by atoms with Crippen molar-refractivity contribution in [1.82, 2.24) is 14.5 Å². The SMILES string of the molecule is CCCOc1nc2c(n1Cc1ccc(Cl)cc1)C(=O)N(CCCO)C(=O)[C@@H]1CCCN21. The maximum Gasteiger partial charge on any atom is 0.299 e. The zero-order valence-electron chi connectivity index (χ0n) is 17.6. The minimum atomic E-state index is -0.415. The summed E-state index contributed by atoms with van der Waals surface area (Å²) in [7, 11) is 0. The number of nitrogens with zero attached hydrogens (tertiary/aromatic N) is 4. The highest BCUT2D eigenvalue weighted by molar-refractivity contribution is 6.30. The fraction of sp³-hybridized carbons (Fsp3) is 0.500. The fourth-order valence-corrected chi connectivity index (χ4v) is 4.31. The number of aliphatic hydroxyl groups excluding tert-OH is 1. The van der Waals surface area contributed by atoms with Crippen molar-refractivity contribution in [3.63, 3.8) is 0 Å². The van der Waals surface area contributed by atoms with Gasteiger partial charge in [0.1, 0.15) is 6.04 Å². The van der Waals surface area contributed by atoms with E-state index < -0.39 is 11.9 Å². The number of imide groups is 1. The van der Waals surface area contributed by atoms with E-state index in [9.17, 15) is 14.7 Å². The number of ether oxygens (including phenoxy) is 1. The van der Waals surface area contributed by atoms with Crippen LogP contribution >= 0.6 is 11.6 Å². The quantitative estimate of drug-likeness (QED) is 0.627. The predicted molar refractivity (Wildman–Crippen MR) is 117 cm³/mol. The van der Waals surface area contributed by atoms with Gasteiger partial charge in [-0.25, -0.2) is 0 Å². The summed E-state index contributed by atoms with van der Waals surface area (Å²) in [4.78, 5) is 34.7. The Kier molecular flexibility index (Phi) is 6.48. The van der Waals surface area contributed by atoms with E-state index in [0.717, 1.165) is 18.4 Å². The van der Waals surface area contributed by atoms with Crippen LogP contribution in [0, 0.1) is 0 Å². The Balaban J connectivity index is 1.82. The van der Waals surface area contributed by atoms with Crippen molar-refractivity contribution in [2.45, 2.75) is 45.2 Å². The molecule has 1 N–H and O–H groups in total. The van der Waals surface area contributed by atoms with Crippen LogP contribution in [0.5, 0.6) is 6.01 Å². The first kappa shape index (κ1) is 21.6. The van der Waals surface area contributed by atoms with Gasteiger partial charge in [-0.05, 0) is 43.4 Å².